The number of aliphatic hydroxyl groups excluding tert-OH is 1. The van der Waals surface area contributed by atoms with E-state index >= 15 is 0 Å². The Balaban J connectivity index is 3.20. The molecule has 1 N–H and O–H groups in total. The van der Waals surface area contributed by atoms with Crippen LogP contribution in [0.5, 0.6) is 0 Å². The van der Waals surface area contributed by atoms with Crippen LogP contribution in [0.4, 0.5) is 19.0 Å². The molecule has 0 aliphatic carbocycles. The summed E-state index contributed by atoms with van der Waals surface area (Å²) in [5.41, 5.74) is 0. The highest BCUT2D eigenvalue weighted by atomic mass is 35.5. The second-order valence-electron chi connectivity index (χ2n) is 3.11. The van der Waals surface area contributed by atoms with Gasteiger partial charge in [0.2, 0.25) is 0 Å². The van der Waals surface area contributed by atoms with Gasteiger partial charge in [0.15, 0.2) is 0 Å². The SMILES string of the molecule is O=[N+]([O-])c1cnc(C(F)(F)F)n1C[C@H](O)CCl. The summed E-state index contributed by atoms with van der Waals surface area (Å²) in [4.78, 5) is 12.4. The molecule has 1 heterocycles. The maximum absolute atomic E-state index is 12.5. The van der Waals surface area contributed by atoms with Crippen molar-refractivity contribution in [2.75, 3.05) is 5.88 Å². The van der Waals surface area contributed by atoms with Crippen molar-refractivity contribution in [1.82, 2.24) is 9.55 Å². The van der Waals surface area contributed by atoms with Gasteiger partial charge in [0, 0.05) is 0 Å². The summed E-state index contributed by atoms with van der Waals surface area (Å²) in [6.45, 7) is -0.644. The molecule has 1 atom stereocenters. The smallest absolute Gasteiger partial charge is 0.388 e. The van der Waals surface area contributed by atoms with Crippen molar-refractivity contribution < 1.29 is 23.2 Å². The van der Waals surface area contributed by atoms with Gasteiger partial charge >= 0.3 is 17.8 Å². The van der Waals surface area contributed by atoms with E-state index in [1.54, 1.807) is 0 Å². The molecule has 0 saturated heterocycles. The summed E-state index contributed by atoms with van der Waals surface area (Å²) in [7, 11) is 0. The summed E-state index contributed by atoms with van der Waals surface area (Å²) in [6.07, 6.45) is -5.67. The van der Waals surface area contributed by atoms with E-state index in [0.717, 1.165) is 0 Å². The molecule has 1 rings (SSSR count). The van der Waals surface area contributed by atoms with E-state index in [-0.39, 0.29) is 10.4 Å². The fourth-order valence-electron chi connectivity index (χ4n) is 1.18. The molecule has 0 radical (unpaired) electrons. The van der Waals surface area contributed by atoms with E-state index in [2.05, 4.69) is 4.98 Å². The first-order valence-corrected chi connectivity index (χ1v) is 4.82. The lowest BCUT2D eigenvalue weighted by atomic mass is 10.4. The van der Waals surface area contributed by atoms with Gasteiger partial charge in [-0.05, 0) is 4.92 Å². The van der Waals surface area contributed by atoms with Crippen LogP contribution in [0.15, 0.2) is 6.20 Å². The lowest BCUT2D eigenvalue weighted by Gasteiger charge is -2.09. The second-order valence-corrected chi connectivity index (χ2v) is 3.42. The van der Waals surface area contributed by atoms with E-state index in [1.165, 1.54) is 0 Å². The number of aliphatic hydroxyl groups is 1. The molecule has 96 valence electrons. The second kappa shape index (κ2) is 4.88. The first kappa shape index (κ1) is 13.7. The van der Waals surface area contributed by atoms with Gasteiger partial charge in [-0.2, -0.15) is 17.7 Å². The number of nitrogens with zero attached hydrogens (tertiary/aromatic N) is 3. The van der Waals surface area contributed by atoms with Crippen LogP contribution in [0.2, 0.25) is 0 Å². The van der Waals surface area contributed by atoms with Crippen molar-refractivity contribution in [3.63, 3.8) is 0 Å². The molecule has 0 spiro atoms. The van der Waals surface area contributed by atoms with Crippen LogP contribution in [-0.4, -0.2) is 31.6 Å². The Hall–Kier alpha value is -1.35. The lowest BCUT2D eigenvalue weighted by Crippen LogP contribution is -2.23. The highest BCUT2D eigenvalue weighted by Crippen LogP contribution is 2.31. The van der Waals surface area contributed by atoms with Crippen LogP contribution < -0.4 is 0 Å². The topological polar surface area (TPSA) is 81.2 Å². The molecule has 0 aliphatic rings. The third-order valence-corrected chi connectivity index (χ3v) is 2.20. The Morgan fingerprint density at radius 2 is 2.24 bits per heavy atom. The van der Waals surface area contributed by atoms with Crippen LogP contribution in [0.3, 0.4) is 0 Å². The molecule has 6 nitrogen and oxygen atoms in total. The van der Waals surface area contributed by atoms with Crippen LogP contribution in [0.1, 0.15) is 5.82 Å². The number of hydrogen-bond donors (Lipinski definition) is 1. The molecule has 17 heavy (non-hydrogen) atoms. The molecule has 0 saturated carbocycles. The van der Waals surface area contributed by atoms with Gasteiger partial charge in [0.05, 0.1) is 5.88 Å². The number of imidazole rings is 1. The van der Waals surface area contributed by atoms with Crippen molar-refractivity contribution in [3.8, 4) is 0 Å². The van der Waals surface area contributed by atoms with E-state index in [0.29, 0.717) is 6.20 Å². The minimum absolute atomic E-state index is 0.285. The van der Waals surface area contributed by atoms with Crippen LogP contribution in [0, 0.1) is 10.1 Å². The third-order valence-electron chi connectivity index (χ3n) is 1.85. The van der Waals surface area contributed by atoms with E-state index in [4.69, 9.17) is 16.7 Å². The van der Waals surface area contributed by atoms with Crippen LogP contribution >= 0.6 is 11.6 Å². The summed E-state index contributed by atoms with van der Waals surface area (Å²) in [6, 6.07) is 0. The molecule has 0 aromatic carbocycles. The first-order valence-electron chi connectivity index (χ1n) is 4.28. The largest absolute Gasteiger partial charge is 0.473 e. The van der Waals surface area contributed by atoms with Gasteiger partial charge < -0.3 is 15.2 Å². The standard InChI is InChI=1S/C7H7ClF3N3O3/c8-1-4(15)3-13-5(14(16)17)2-12-6(13)7(9,10)11/h2,4,15H,1,3H2/t4-/m1/s1. The Bertz CT molecular complexity index is 420. The number of hydrogen-bond acceptors (Lipinski definition) is 4. The molecular weight excluding hydrogens is 267 g/mol. The molecular formula is C7H7ClF3N3O3. The van der Waals surface area contributed by atoms with Crippen molar-refractivity contribution in [3.05, 3.63) is 22.1 Å². The van der Waals surface area contributed by atoms with Crippen molar-refractivity contribution >= 4 is 17.4 Å². The predicted octanol–water partition coefficient (Wildman–Crippen LogP) is 1.41. The maximum atomic E-state index is 12.5. The first-order chi connectivity index (χ1) is 7.77. The summed E-state index contributed by atoms with van der Waals surface area (Å²) in [5.74, 6) is -2.62. The maximum Gasteiger partial charge on any atom is 0.473 e. The fourth-order valence-corrected chi connectivity index (χ4v) is 1.28. The predicted molar refractivity (Wildman–Crippen MR) is 50.6 cm³/mol. The summed E-state index contributed by atoms with van der Waals surface area (Å²) in [5, 5.41) is 19.7. The quantitative estimate of drug-likeness (QED) is 0.511. The molecule has 0 bridgehead atoms. The Morgan fingerprint density at radius 1 is 1.65 bits per heavy atom. The minimum atomic E-state index is -4.83. The molecule has 1 aromatic rings. The minimum Gasteiger partial charge on any atom is -0.388 e. The number of nitro groups is 1. The van der Waals surface area contributed by atoms with E-state index in [9.17, 15) is 23.3 Å². The zero-order valence-electron chi connectivity index (χ0n) is 8.19. The van der Waals surface area contributed by atoms with E-state index < -0.39 is 35.4 Å². The highest BCUT2D eigenvalue weighted by molar-refractivity contribution is 6.18. The molecule has 1 aromatic heterocycles. The fraction of sp³-hybridized carbons (Fsp3) is 0.571. The van der Waals surface area contributed by atoms with Crippen molar-refractivity contribution in [2.45, 2.75) is 18.8 Å². The normalized spacial score (nSPS) is 13.7. The lowest BCUT2D eigenvalue weighted by molar-refractivity contribution is -0.392. The van der Waals surface area contributed by atoms with Gasteiger partial charge in [-0.1, -0.05) is 0 Å². The van der Waals surface area contributed by atoms with E-state index in [1.807, 2.05) is 0 Å². The molecule has 0 unspecified atom stereocenters. The third kappa shape index (κ3) is 3.07. The number of rotatable bonds is 4. The zero-order chi connectivity index (χ0) is 13.2. The van der Waals surface area contributed by atoms with Crippen LogP contribution in [-0.2, 0) is 12.7 Å². The Morgan fingerprint density at radius 3 is 2.65 bits per heavy atom. The number of halogens is 4. The molecule has 0 amide bonds. The Labute approximate surface area is 97.8 Å². The average molecular weight is 274 g/mol. The number of aromatic nitrogens is 2. The average Bonchev–Trinajstić information content (AvgIpc) is 2.60. The monoisotopic (exact) mass is 273 g/mol. The highest BCUT2D eigenvalue weighted by Gasteiger charge is 2.42. The van der Waals surface area contributed by atoms with Gasteiger partial charge in [-0.25, -0.2) is 4.98 Å². The molecule has 0 aliphatic heterocycles. The number of alkyl halides is 4. The molecule has 0 fully saturated rings. The Kier molecular flexibility index (Phi) is 3.94. The van der Waals surface area contributed by atoms with Gasteiger partial charge in [0.25, 0.3) is 0 Å². The van der Waals surface area contributed by atoms with Crippen LogP contribution in [0.25, 0.3) is 0 Å². The van der Waals surface area contributed by atoms with Crippen molar-refractivity contribution in [1.29, 1.82) is 0 Å². The van der Waals surface area contributed by atoms with Gasteiger partial charge in [-0.15, -0.1) is 11.6 Å². The van der Waals surface area contributed by atoms with Gasteiger partial charge in [-0.3, -0.25) is 0 Å². The zero-order valence-corrected chi connectivity index (χ0v) is 8.94. The van der Waals surface area contributed by atoms with Gasteiger partial charge in [0.1, 0.15) is 18.8 Å². The van der Waals surface area contributed by atoms with Crippen molar-refractivity contribution in [2.24, 2.45) is 0 Å². The molecule has 10 heteroatoms. The summed E-state index contributed by atoms with van der Waals surface area (Å²) >= 11 is 5.23. The summed E-state index contributed by atoms with van der Waals surface area (Å²) < 4.78 is 37.7.